The zero-order valence-electron chi connectivity index (χ0n) is 20.1. The van der Waals surface area contributed by atoms with Gasteiger partial charge >= 0.3 is 43.4 Å². The van der Waals surface area contributed by atoms with Gasteiger partial charge in [-0.3, -0.25) is 0 Å². The van der Waals surface area contributed by atoms with Gasteiger partial charge in [-0.15, -0.1) is 24.4 Å². The first-order valence-corrected chi connectivity index (χ1v) is 8.57. The van der Waals surface area contributed by atoms with Gasteiger partial charge in [0, 0.05) is 28.4 Å². The minimum atomic E-state index is -2.09. The fourth-order valence-electron chi connectivity index (χ4n) is 0.661. The molecule has 0 spiro atoms. The standard InChI is InChI=1S/C6H13O5.4C3H7O.2Ti/c1-8-5(9-2)6(7,10-3)11-4;4*1-3(2)4;;/h5H,1-4H3;4*3H,1-2H3;;/q5*-1;2*+4. The molecule has 0 unspecified atom stereocenters. The zero-order chi connectivity index (χ0) is 23.2. The first-order valence-electron chi connectivity index (χ1n) is 8.57. The SMILES string of the molecule is CC(C)[O-].CC(C)[O-].CC(C)[O-].CC(C)[O-].COC(OC)C([O-])(OC)OC.[Ti+4].[Ti+4]. The maximum atomic E-state index is 11.3. The van der Waals surface area contributed by atoms with E-state index < -0.39 is 36.7 Å². The van der Waals surface area contributed by atoms with Crippen LogP contribution in [0.1, 0.15) is 55.4 Å². The molecule has 0 fully saturated rings. The average molecular weight is 497 g/mol. The van der Waals surface area contributed by atoms with E-state index >= 15 is 0 Å². The Bertz CT molecular complexity index is 214. The average Bonchev–Trinajstić information content (AvgIpc) is 2.45. The summed E-state index contributed by atoms with van der Waals surface area (Å²) in [6.45, 7) is 12.9. The Morgan fingerprint density at radius 2 is 0.655 bits per heavy atom. The van der Waals surface area contributed by atoms with Gasteiger partial charge < -0.3 is 44.5 Å². The Morgan fingerprint density at radius 3 is 0.690 bits per heavy atom. The quantitative estimate of drug-likeness (QED) is 0.308. The van der Waals surface area contributed by atoms with Crippen LogP contribution in [0.15, 0.2) is 0 Å². The molecule has 0 N–H and O–H groups in total. The molecular formula is C18H41O9Ti2+3. The van der Waals surface area contributed by atoms with E-state index in [9.17, 15) is 25.5 Å². The van der Waals surface area contributed by atoms with E-state index in [2.05, 4.69) is 18.9 Å². The van der Waals surface area contributed by atoms with Gasteiger partial charge in [-0.1, -0.05) is 55.4 Å². The van der Waals surface area contributed by atoms with Crippen LogP contribution in [0.4, 0.5) is 0 Å². The molecule has 172 valence electrons. The summed E-state index contributed by atoms with van der Waals surface area (Å²) >= 11 is 0. The van der Waals surface area contributed by atoms with Crippen molar-refractivity contribution < 1.29 is 87.9 Å². The Morgan fingerprint density at radius 1 is 0.517 bits per heavy atom. The van der Waals surface area contributed by atoms with Crippen molar-refractivity contribution >= 4 is 0 Å². The monoisotopic (exact) mass is 497 g/mol. The van der Waals surface area contributed by atoms with Crippen LogP contribution in [0.25, 0.3) is 0 Å². The van der Waals surface area contributed by atoms with Crippen molar-refractivity contribution in [1.82, 2.24) is 0 Å². The molecule has 0 bridgehead atoms. The van der Waals surface area contributed by atoms with Crippen LogP contribution in [0, 0.1) is 0 Å². The second-order valence-electron chi connectivity index (χ2n) is 6.01. The molecule has 0 heterocycles. The van der Waals surface area contributed by atoms with Crippen LogP contribution in [0.3, 0.4) is 0 Å². The van der Waals surface area contributed by atoms with Crippen LogP contribution >= 0.6 is 0 Å². The van der Waals surface area contributed by atoms with E-state index in [1.54, 1.807) is 55.4 Å². The number of hydrogen-bond acceptors (Lipinski definition) is 9. The van der Waals surface area contributed by atoms with E-state index in [0.717, 1.165) is 0 Å². The van der Waals surface area contributed by atoms with Crippen molar-refractivity contribution in [2.45, 2.75) is 92.1 Å². The van der Waals surface area contributed by atoms with Crippen LogP contribution in [0.5, 0.6) is 0 Å². The van der Waals surface area contributed by atoms with Crippen molar-refractivity contribution in [1.29, 1.82) is 0 Å². The predicted molar refractivity (Wildman–Crippen MR) is 95.1 cm³/mol. The summed E-state index contributed by atoms with van der Waals surface area (Å²) < 4.78 is 18.3. The summed E-state index contributed by atoms with van der Waals surface area (Å²) in [5.74, 6) is -2.09. The molecule has 0 aromatic carbocycles. The third-order valence-electron chi connectivity index (χ3n) is 1.29. The normalized spacial score (nSPS) is 9.72. The van der Waals surface area contributed by atoms with Crippen LogP contribution in [-0.4, -0.2) is 65.1 Å². The summed E-state index contributed by atoms with van der Waals surface area (Å²) in [6.07, 6.45) is -2.74. The molecule has 0 aliphatic heterocycles. The maximum Gasteiger partial charge on any atom is 4.00 e. The second-order valence-corrected chi connectivity index (χ2v) is 6.01. The summed E-state index contributed by atoms with van der Waals surface area (Å²) in [7, 11) is 5.11. The summed E-state index contributed by atoms with van der Waals surface area (Å²) in [5.41, 5.74) is 0. The largest absolute Gasteiger partial charge is 4.00 e. The van der Waals surface area contributed by atoms with Crippen LogP contribution < -0.4 is 25.5 Å². The molecule has 0 saturated heterocycles. The zero-order valence-corrected chi connectivity index (χ0v) is 23.2. The van der Waals surface area contributed by atoms with Gasteiger partial charge in [0.25, 0.3) is 0 Å². The minimum absolute atomic E-state index is 0. The van der Waals surface area contributed by atoms with Gasteiger partial charge in [0.05, 0.1) is 0 Å². The van der Waals surface area contributed by atoms with Gasteiger partial charge in [0.1, 0.15) is 5.97 Å². The van der Waals surface area contributed by atoms with Crippen molar-refractivity contribution in [3.05, 3.63) is 0 Å². The fourth-order valence-corrected chi connectivity index (χ4v) is 0.661. The first-order chi connectivity index (χ1) is 12.1. The number of rotatable bonds is 5. The van der Waals surface area contributed by atoms with Crippen LogP contribution in [-0.2, 0) is 62.4 Å². The smallest absolute Gasteiger partial charge is 0.852 e. The van der Waals surface area contributed by atoms with Gasteiger partial charge in [0.2, 0.25) is 0 Å². The molecule has 0 aliphatic carbocycles. The molecule has 0 amide bonds. The minimum Gasteiger partial charge on any atom is -0.852 e. The van der Waals surface area contributed by atoms with E-state index in [0.29, 0.717) is 0 Å². The third-order valence-corrected chi connectivity index (χ3v) is 1.29. The second kappa shape index (κ2) is 33.7. The van der Waals surface area contributed by atoms with E-state index in [1.165, 1.54) is 28.4 Å². The Labute approximate surface area is 207 Å². The first kappa shape index (κ1) is 47.7. The summed E-state index contributed by atoms with van der Waals surface area (Å²) in [5, 5.41) is 49.4. The molecule has 9 nitrogen and oxygen atoms in total. The number of hydrogen-bond donors (Lipinski definition) is 0. The molecule has 29 heavy (non-hydrogen) atoms. The van der Waals surface area contributed by atoms with Gasteiger partial charge in [-0.05, 0) is 0 Å². The number of ether oxygens (including phenoxy) is 4. The molecule has 0 aromatic rings. The van der Waals surface area contributed by atoms with Gasteiger partial charge in [0.15, 0.2) is 6.29 Å². The Balaban J connectivity index is -0.0000000456. The molecule has 0 aromatic heterocycles. The van der Waals surface area contributed by atoms with E-state index in [1.807, 2.05) is 0 Å². The van der Waals surface area contributed by atoms with Gasteiger partial charge in [-0.2, -0.15) is 0 Å². The molecular weight excluding hydrogens is 456 g/mol. The van der Waals surface area contributed by atoms with Crippen molar-refractivity contribution in [2.75, 3.05) is 28.4 Å². The Hall–Kier alpha value is 1.07. The fraction of sp³-hybridized carbons (Fsp3) is 1.00. The molecule has 0 radical (unpaired) electrons. The van der Waals surface area contributed by atoms with Crippen LogP contribution in [0.2, 0.25) is 0 Å². The predicted octanol–water partition coefficient (Wildman–Crippen LogP) is -2.07. The Kier molecular flexibility index (Phi) is 55.5. The number of methoxy groups -OCH3 is 4. The maximum absolute atomic E-state index is 11.3. The van der Waals surface area contributed by atoms with E-state index in [-0.39, 0.29) is 43.4 Å². The van der Waals surface area contributed by atoms with Crippen molar-refractivity contribution in [3.8, 4) is 0 Å². The molecule has 0 aliphatic rings. The molecule has 0 rings (SSSR count). The van der Waals surface area contributed by atoms with E-state index in [4.69, 9.17) is 0 Å². The van der Waals surface area contributed by atoms with Crippen molar-refractivity contribution in [2.24, 2.45) is 0 Å². The topological polar surface area (TPSA) is 152 Å². The third kappa shape index (κ3) is 73.1. The summed E-state index contributed by atoms with van der Waals surface area (Å²) in [6, 6.07) is 0. The molecule has 0 saturated carbocycles. The summed E-state index contributed by atoms with van der Waals surface area (Å²) in [4.78, 5) is 0. The molecule has 0 atom stereocenters. The molecule has 11 heteroatoms. The van der Waals surface area contributed by atoms with Gasteiger partial charge in [-0.25, -0.2) is 0 Å². The van der Waals surface area contributed by atoms with Crippen molar-refractivity contribution in [3.63, 3.8) is 0 Å².